The van der Waals surface area contributed by atoms with E-state index < -0.39 is 0 Å². The lowest BCUT2D eigenvalue weighted by atomic mass is 10.0. The van der Waals surface area contributed by atoms with Crippen molar-refractivity contribution in [1.29, 1.82) is 0 Å². The summed E-state index contributed by atoms with van der Waals surface area (Å²) in [7, 11) is 4.13. The monoisotopic (exact) mass is 304 g/mol. The number of hydrogen-bond donors (Lipinski definition) is 0. The van der Waals surface area contributed by atoms with E-state index in [1.165, 1.54) is 11.1 Å². The van der Waals surface area contributed by atoms with Gasteiger partial charge in [-0.15, -0.1) is 0 Å². The minimum atomic E-state index is 0.179. The van der Waals surface area contributed by atoms with Crippen molar-refractivity contribution in [2.75, 3.05) is 40.3 Å². The number of hydrogen-bond acceptors (Lipinski definition) is 3. The average Bonchev–Trinajstić information content (AvgIpc) is 2.52. The smallest absolute Gasteiger partial charge is 0.223 e. The van der Waals surface area contributed by atoms with Crippen LogP contribution in [0.25, 0.3) is 0 Å². The predicted molar refractivity (Wildman–Crippen MR) is 89.0 cm³/mol. The molecule has 1 aliphatic heterocycles. The third-order valence-electron chi connectivity index (χ3n) is 4.26. The highest BCUT2D eigenvalue weighted by Crippen LogP contribution is 2.13. The van der Waals surface area contributed by atoms with Crippen molar-refractivity contribution in [3.8, 4) is 0 Å². The third kappa shape index (κ3) is 5.11. The molecule has 1 atom stereocenters. The van der Waals surface area contributed by atoms with Crippen LogP contribution in [0.5, 0.6) is 0 Å². The van der Waals surface area contributed by atoms with E-state index in [4.69, 9.17) is 4.74 Å². The topological polar surface area (TPSA) is 32.8 Å². The predicted octanol–water partition coefficient (Wildman–Crippen LogP) is 2.11. The number of carbonyl (C=O) groups is 1. The van der Waals surface area contributed by atoms with Crippen molar-refractivity contribution >= 4 is 5.91 Å². The second-order valence-electron chi connectivity index (χ2n) is 6.35. The van der Waals surface area contributed by atoms with E-state index in [0.29, 0.717) is 13.0 Å². The number of benzene rings is 1. The van der Waals surface area contributed by atoms with E-state index in [0.717, 1.165) is 32.5 Å². The number of morpholine rings is 1. The molecule has 1 aromatic rings. The number of ether oxygens (including phenoxy) is 1. The van der Waals surface area contributed by atoms with Gasteiger partial charge in [0, 0.05) is 26.1 Å². The average molecular weight is 304 g/mol. The van der Waals surface area contributed by atoms with E-state index in [1.54, 1.807) is 0 Å². The van der Waals surface area contributed by atoms with Gasteiger partial charge < -0.3 is 14.5 Å². The van der Waals surface area contributed by atoms with Gasteiger partial charge in [0.05, 0.1) is 12.7 Å². The summed E-state index contributed by atoms with van der Waals surface area (Å²) in [5.74, 6) is 0.251. The summed E-state index contributed by atoms with van der Waals surface area (Å²) in [5.41, 5.74) is 2.54. The fourth-order valence-corrected chi connectivity index (χ4v) is 2.81. The molecule has 1 aliphatic rings. The summed E-state index contributed by atoms with van der Waals surface area (Å²) in [6.07, 6.45) is 2.57. The first-order valence-electron chi connectivity index (χ1n) is 8.15. The molecule has 0 spiro atoms. The highest BCUT2D eigenvalue weighted by atomic mass is 16.5. The van der Waals surface area contributed by atoms with Crippen LogP contribution in [0.1, 0.15) is 24.0 Å². The van der Waals surface area contributed by atoms with Gasteiger partial charge in [-0.2, -0.15) is 0 Å². The number of nitrogens with zero attached hydrogens (tertiary/aromatic N) is 2. The van der Waals surface area contributed by atoms with Crippen LogP contribution in [0, 0.1) is 6.92 Å². The largest absolute Gasteiger partial charge is 0.374 e. The Balaban J connectivity index is 1.80. The number of rotatable bonds is 6. The third-order valence-corrected chi connectivity index (χ3v) is 4.26. The van der Waals surface area contributed by atoms with Crippen molar-refractivity contribution in [2.24, 2.45) is 0 Å². The van der Waals surface area contributed by atoms with Crippen LogP contribution in [0.2, 0.25) is 0 Å². The summed E-state index contributed by atoms with van der Waals surface area (Å²) >= 11 is 0. The molecule has 1 unspecified atom stereocenters. The van der Waals surface area contributed by atoms with Gasteiger partial charge in [-0.3, -0.25) is 4.79 Å². The minimum Gasteiger partial charge on any atom is -0.374 e. The van der Waals surface area contributed by atoms with Crippen molar-refractivity contribution in [3.63, 3.8) is 0 Å². The Kier molecular flexibility index (Phi) is 6.40. The number of amides is 1. The van der Waals surface area contributed by atoms with Gasteiger partial charge in [0.25, 0.3) is 0 Å². The highest BCUT2D eigenvalue weighted by Gasteiger charge is 2.23. The van der Waals surface area contributed by atoms with Crippen LogP contribution in [-0.2, 0) is 16.0 Å². The second kappa shape index (κ2) is 8.30. The molecule has 122 valence electrons. The number of carbonyl (C=O) groups excluding carboxylic acids is 1. The fourth-order valence-electron chi connectivity index (χ4n) is 2.81. The maximum absolute atomic E-state index is 12.4. The Hall–Kier alpha value is -1.39. The Morgan fingerprint density at radius 3 is 2.86 bits per heavy atom. The SMILES string of the molecule is Cc1ccccc1CCC(=O)N1CCOC(CCN(C)C)C1. The summed E-state index contributed by atoms with van der Waals surface area (Å²) in [6.45, 7) is 5.22. The molecule has 1 saturated heterocycles. The van der Waals surface area contributed by atoms with Gasteiger partial charge in [0.2, 0.25) is 5.91 Å². The first kappa shape index (κ1) is 17.0. The Bertz CT molecular complexity index is 488. The summed E-state index contributed by atoms with van der Waals surface area (Å²) in [5, 5.41) is 0. The van der Waals surface area contributed by atoms with Gasteiger partial charge in [-0.25, -0.2) is 0 Å². The molecule has 0 radical (unpaired) electrons. The van der Waals surface area contributed by atoms with Crippen LogP contribution >= 0.6 is 0 Å². The molecular weight excluding hydrogens is 276 g/mol. The lowest BCUT2D eigenvalue weighted by molar-refractivity contribution is -0.139. The summed E-state index contributed by atoms with van der Waals surface area (Å²) < 4.78 is 5.77. The Labute approximate surface area is 134 Å². The van der Waals surface area contributed by atoms with Gasteiger partial charge in [0.1, 0.15) is 0 Å². The lowest BCUT2D eigenvalue weighted by Crippen LogP contribution is -2.46. The molecule has 1 aromatic carbocycles. The maximum Gasteiger partial charge on any atom is 0.223 e. The van der Waals surface area contributed by atoms with Crippen LogP contribution in [-0.4, -0.2) is 62.1 Å². The van der Waals surface area contributed by atoms with Crippen LogP contribution in [0.4, 0.5) is 0 Å². The standard InChI is InChI=1S/C18H28N2O2/c1-15-6-4-5-7-16(15)8-9-18(21)20-12-13-22-17(14-20)10-11-19(2)3/h4-7,17H,8-14H2,1-3H3. The van der Waals surface area contributed by atoms with E-state index in [9.17, 15) is 4.79 Å². The first-order chi connectivity index (χ1) is 10.6. The zero-order valence-electron chi connectivity index (χ0n) is 14.0. The molecule has 0 N–H and O–H groups in total. The molecule has 0 saturated carbocycles. The summed E-state index contributed by atoms with van der Waals surface area (Å²) in [4.78, 5) is 16.6. The van der Waals surface area contributed by atoms with E-state index in [1.807, 2.05) is 17.0 Å². The Morgan fingerprint density at radius 1 is 1.36 bits per heavy atom. The van der Waals surface area contributed by atoms with Crippen molar-refractivity contribution in [3.05, 3.63) is 35.4 Å². The quantitative estimate of drug-likeness (QED) is 0.807. The molecule has 2 rings (SSSR count). The Morgan fingerprint density at radius 2 is 2.14 bits per heavy atom. The van der Waals surface area contributed by atoms with Crippen LogP contribution < -0.4 is 0 Å². The first-order valence-corrected chi connectivity index (χ1v) is 8.15. The number of aryl methyl sites for hydroxylation is 2. The van der Waals surface area contributed by atoms with E-state index in [-0.39, 0.29) is 12.0 Å². The molecule has 1 heterocycles. The molecule has 4 heteroatoms. The van der Waals surface area contributed by atoms with Crippen LogP contribution in [0.15, 0.2) is 24.3 Å². The molecule has 4 nitrogen and oxygen atoms in total. The van der Waals surface area contributed by atoms with Gasteiger partial charge in [-0.05, 0) is 45.0 Å². The van der Waals surface area contributed by atoms with Gasteiger partial charge >= 0.3 is 0 Å². The zero-order chi connectivity index (χ0) is 15.9. The van der Waals surface area contributed by atoms with Crippen molar-refractivity contribution in [2.45, 2.75) is 32.3 Å². The molecule has 22 heavy (non-hydrogen) atoms. The molecule has 0 aromatic heterocycles. The minimum absolute atomic E-state index is 0.179. The van der Waals surface area contributed by atoms with Crippen molar-refractivity contribution < 1.29 is 9.53 Å². The normalized spacial score (nSPS) is 18.7. The van der Waals surface area contributed by atoms with E-state index >= 15 is 0 Å². The van der Waals surface area contributed by atoms with Crippen LogP contribution in [0.3, 0.4) is 0 Å². The highest BCUT2D eigenvalue weighted by molar-refractivity contribution is 5.76. The van der Waals surface area contributed by atoms with Gasteiger partial charge in [0.15, 0.2) is 0 Å². The summed E-state index contributed by atoms with van der Waals surface area (Å²) in [6, 6.07) is 8.30. The molecule has 1 fully saturated rings. The van der Waals surface area contributed by atoms with Crippen molar-refractivity contribution in [1.82, 2.24) is 9.80 Å². The second-order valence-corrected chi connectivity index (χ2v) is 6.35. The molecule has 0 aliphatic carbocycles. The zero-order valence-corrected chi connectivity index (χ0v) is 14.0. The maximum atomic E-state index is 12.4. The molecule has 1 amide bonds. The molecular formula is C18H28N2O2. The molecule has 0 bridgehead atoms. The fraction of sp³-hybridized carbons (Fsp3) is 0.611. The van der Waals surface area contributed by atoms with E-state index in [2.05, 4.69) is 38.1 Å². The van der Waals surface area contributed by atoms with Gasteiger partial charge in [-0.1, -0.05) is 24.3 Å². The lowest BCUT2D eigenvalue weighted by Gasteiger charge is -2.33.